The zero-order valence-electron chi connectivity index (χ0n) is 21.9. The van der Waals surface area contributed by atoms with E-state index in [0.717, 1.165) is 35.3 Å². The lowest BCUT2D eigenvalue weighted by atomic mass is 9.94. The Balaban J connectivity index is 0.000000383. The van der Waals surface area contributed by atoms with E-state index in [2.05, 4.69) is 43.0 Å². The van der Waals surface area contributed by atoms with E-state index in [-0.39, 0.29) is 6.10 Å². The van der Waals surface area contributed by atoms with Gasteiger partial charge in [-0.1, -0.05) is 71.8 Å². The van der Waals surface area contributed by atoms with Gasteiger partial charge in [-0.15, -0.1) is 0 Å². The predicted octanol–water partition coefficient (Wildman–Crippen LogP) is 6.20. The van der Waals surface area contributed by atoms with Crippen molar-refractivity contribution in [3.05, 3.63) is 94.5 Å². The van der Waals surface area contributed by atoms with Gasteiger partial charge in [-0.2, -0.15) is 0 Å². The highest BCUT2D eigenvalue weighted by Gasteiger charge is 2.18. The van der Waals surface area contributed by atoms with Gasteiger partial charge in [-0.3, -0.25) is 0 Å². The Bertz CT molecular complexity index is 1100. The Morgan fingerprint density at radius 1 is 0.944 bits per heavy atom. The SMILES string of the molecule is Cc1cc(-c2ccccc2C(C)OCC(O)CN2CCCC2)ccc1C(=O)O.Cc1ccc(C)cc1. The highest BCUT2D eigenvalue weighted by molar-refractivity contribution is 5.90. The number of hydrogen-bond donors (Lipinski definition) is 2. The van der Waals surface area contributed by atoms with E-state index in [4.69, 9.17) is 4.74 Å². The van der Waals surface area contributed by atoms with Gasteiger partial charge in [0.2, 0.25) is 0 Å². The summed E-state index contributed by atoms with van der Waals surface area (Å²) in [6.45, 7) is 11.1. The monoisotopic (exact) mass is 489 g/mol. The Kier molecular flexibility index (Phi) is 10.2. The lowest BCUT2D eigenvalue weighted by Crippen LogP contribution is -2.33. The van der Waals surface area contributed by atoms with Crippen LogP contribution in [0.25, 0.3) is 11.1 Å². The second-order valence-electron chi connectivity index (χ2n) is 9.71. The highest BCUT2D eigenvalue weighted by atomic mass is 16.5. The molecule has 1 heterocycles. The Morgan fingerprint density at radius 3 is 2.14 bits per heavy atom. The van der Waals surface area contributed by atoms with Crippen LogP contribution >= 0.6 is 0 Å². The number of β-amino-alcohol motifs (C(OH)–C–C–N with tert-alkyl or cyclic N) is 1. The second-order valence-corrected chi connectivity index (χ2v) is 9.71. The molecule has 2 N–H and O–H groups in total. The fourth-order valence-corrected chi connectivity index (χ4v) is 4.48. The number of nitrogens with zero attached hydrogens (tertiary/aromatic N) is 1. The molecule has 0 spiro atoms. The molecule has 36 heavy (non-hydrogen) atoms. The molecule has 1 saturated heterocycles. The molecule has 0 radical (unpaired) electrons. The maximum Gasteiger partial charge on any atom is 0.335 e. The van der Waals surface area contributed by atoms with E-state index in [0.29, 0.717) is 18.7 Å². The van der Waals surface area contributed by atoms with E-state index < -0.39 is 12.1 Å². The molecule has 1 aliphatic heterocycles. The molecular weight excluding hydrogens is 450 g/mol. The molecular formula is C31H39NO4. The number of aliphatic hydroxyl groups excluding tert-OH is 1. The molecule has 0 aliphatic carbocycles. The third-order valence-electron chi connectivity index (χ3n) is 6.59. The van der Waals surface area contributed by atoms with Crippen LogP contribution in [0, 0.1) is 20.8 Å². The number of aryl methyl sites for hydroxylation is 3. The highest BCUT2D eigenvalue weighted by Crippen LogP contribution is 2.31. The number of carboxylic acid groups (broad SMARTS) is 1. The van der Waals surface area contributed by atoms with E-state index >= 15 is 0 Å². The molecule has 0 saturated carbocycles. The van der Waals surface area contributed by atoms with Gasteiger partial charge < -0.3 is 19.8 Å². The first kappa shape index (κ1) is 27.6. The van der Waals surface area contributed by atoms with Gasteiger partial charge >= 0.3 is 5.97 Å². The van der Waals surface area contributed by atoms with Crippen molar-refractivity contribution in [2.45, 2.75) is 52.7 Å². The first-order valence-electron chi connectivity index (χ1n) is 12.7. The Hall–Kier alpha value is -2.99. The molecule has 4 rings (SSSR count). The van der Waals surface area contributed by atoms with Crippen LogP contribution in [-0.4, -0.2) is 53.4 Å². The normalized spacial score (nSPS) is 15.1. The summed E-state index contributed by atoms with van der Waals surface area (Å²) in [5.41, 5.74) is 6.71. The van der Waals surface area contributed by atoms with Gasteiger partial charge in [0.15, 0.2) is 0 Å². The molecule has 3 aromatic rings. The lowest BCUT2D eigenvalue weighted by Gasteiger charge is -2.22. The van der Waals surface area contributed by atoms with Crippen molar-refractivity contribution >= 4 is 5.97 Å². The van der Waals surface area contributed by atoms with Crippen LogP contribution in [0.5, 0.6) is 0 Å². The average molecular weight is 490 g/mol. The summed E-state index contributed by atoms with van der Waals surface area (Å²) in [4.78, 5) is 13.5. The molecule has 5 nitrogen and oxygen atoms in total. The smallest absolute Gasteiger partial charge is 0.335 e. The molecule has 192 valence electrons. The first-order chi connectivity index (χ1) is 17.2. The number of carbonyl (C=O) groups is 1. The number of likely N-dealkylation sites (tertiary alicyclic amines) is 1. The first-order valence-corrected chi connectivity index (χ1v) is 12.7. The number of aliphatic hydroxyl groups is 1. The fourth-order valence-electron chi connectivity index (χ4n) is 4.48. The van der Waals surface area contributed by atoms with Crippen LogP contribution in [0.4, 0.5) is 0 Å². The zero-order chi connectivity index (χ0) is 26.1. The number of benzene rings is 3. The molecule has 2 unspecified atom stereocenters. The maximum atomic E-state index is 11.3. The average Bonchev–Trinajstić information content (AvgIpc) is 3.37. The van der Waals surface area contributed by atoms with Gasteiger partial charge in [0.05, 0.1) is 24.4 Å². The molecule has 0 aromatic heterocycles. The largest absolute Gasteiger partial charge is 0.478 e. The van der Waals surface area contributed by atoms with Gasteiger partial charge in [-0.05, 0) is 81.9 Å². The minimum Gasteiger partial charge on any atom is -0.478 e. The van der Waals surface area contributed by atoms with Crippen molar-refractivity contribution in [3.8, 4) is 11.1 Å². The Morgan fingerprint density at radius 2 is 1.56 bits per heavy atom. The van der Waals surface area contributed by atoms with Crippen molar-refractivity contribution in [2.75, 3.05) is 26.2 Å². The van der Waals surface area contributed by atoms with Crippen molar-refractivity contribution in [1.82, 2.24) is 4.90 Å². The van der Waals surface area contributed by atoms with Crippen molar-refractivity contribution in [1.29, 1.82) is 0 Å². The number of aromatic carboxylic acids is 1. The predicted molar refractivity (Wildman–Crippen MR) is 146 cm³/mol. The summed E-state index contributed by atoms with van der Waals surface area (Å²) >= 11 is 0. The molecule has 1 aliphatic rings. The third kappa shape index (κ3) is 8.02. The van der Waals surface area contributed by atoms with E-state index in [9.17, 15) is 15.0 Å². The fraction of sp³-hybridized carbons (Fsp3) is 0.387. The van der Waals surface area contributed by atoms with Crippen LogP contribution in [0.1, 0.15) is 58.5 Å². The van der Waals surface area contributed by atoms with Crippen LogP contribution in [0.15, 0.2) is 66.7 Å². The zero-order valence-corrected chi connectivity index (χ0v) is 21.9. The van der Waals surface area contributed by atoms with Crippen LogP contribution in [-0.2, 0) is 4.74 Å². The van der Waals surface area contributed by atoms with E-state index in [1.165, 1.54) is 24.0 Å². The Labute approximate surface area is 215 Å². The summed E-state index contributed by atoms with van der Waals surface area (Å²) in [6.07, 6.45) is 1.74. The van der Waals surface area contributed by atoms with Crippen LogP contribution in [0.2, 0.25) is 0 Å². The number of carboxylic acids is 1. The van der Waals surface area contributed by atoms with Crippen molar-refractivity contribution in [3.63, 3.8) is 0 Å². The quantitative estimate of drug-likeness (QED) is 0.394. The molecule has 2 atom stereocenters. The van der Waals surface area contributed by atoms with Crippen molar-refractivity contribution < 1.29 is 19.7 Å². The van der Waals surface area contributed by atoms with Gasteiger partial charge in [-0.25, -0.2) is 4.79 Å². The van der Waals surface area contributed by atoms with Gasteiger partial charge in [0.1, 0.15) is 0 Å². The van der Waals surface area contributed by atoms with Crippen molar-refractivity contribution in [2.24, 2.45) is 0 Å². The summed E-state index contributed by atoms with van der Waals surface area (Å²) in [5.74, 6) is -0.916. The van der Waals surface area contributed by atoms with Crippen LogP contribution < -0.4 is 0 Å². The molecule has 5 heteroatoms. The second kappa shape index (κ2) is 13.4. The number of hydrogen-bond acceptors (Lipinski definition) is 4. The molecule has 1 fully saturated rings. The van der Waals surface area contributed by atoms with Gasteiger partial charge in [0, 0.05) is 6.54 Å². The number of ether oxygens (including phenoxy) is 1. The minimum atomic E-state index is -0.916. The lowest BCUT2D eigenvalue weighted by molar-refractivity contribution is -0.0131. The third-order valence-corrected chi connectivity index (χ3v) is 6.59. The number of rotatable bonds is 8. The van der Waals surface area contributed by atoms with E-state index in [1.54, 1.807) is 6.07 Å². The molecule has 0 bridgehead atoms. The minimum absolute atomic E-state index is 0.177. The molecule has 3 aromatic carbocycles. The van der Waals surface area contributed by atoms with Gasteiger partial charge in [0.25, 0.3) is 0 Å². The summed E-state index contributed by atoms with van der Waals surface area (Å²) in [5, 5.41) is 19.5. The summed E-state index contributed by atoms with van der Waals surface area (Å²) in [7, 11) is 0. The topological polar surface area (TPSA) is 70.0 Å². The molecule has 0 amide bonds. The summed E-state index contributed by atoms with van der Waals surface area (Å²) in [6, 6.07) is 21.8. The van der Waals surface area contributed by atoms with Crippen LogP contribution in [0.3, 0.4) is 0 Å². The summed E-state index contributed by atoms with van der Waals surface area (Å²) < 4.78 is 5.98. The maximum absolute atomic E-state index is 11.3. The van der Waals surface area contributed by atoms with E-state index in [1.807, 2.05) is 50.2 Å². The standard InChI is InChI=1S/C23H29NO4.C8H10/c1-16-13-18(9-10-20(16)23(26)27)22-8-4-3-7-21(22)17(2)28-15-19(25)14-24-11-5-6-12-24;1-7-3-5-8(2)6-4-7/h3-4,7-10,13,17,19,25H,5-6,11-12,14-15H2,1-2H3,(H,26,27);3-6H,1-2H3.